The molecule has 0 unspecified atom stereocenters. The van der Waals surface area contributed by atoms with E-state index >= 15 is 0 Å². The number of rotatable bonds is 2. The van der Waals surface area contributed by atoms with Crippen LogP contribution in [0.2, 0.25) is 0 Å². The molecule has 0 atom stereocenters. The lowest BCUT2D eigenvalue weighted by molar-refractivity contribution is 0.783. The molecule has 18 heavy (non-hydrogen) atoms. The third-order valence-electron chi connectivity index (χ3n) is 3.92. The van der Waals surface area contributed by atoms with Crippen molar-refractivity contribution >= 4 is 15.9 Å². The van der Waals surface area contributed by atoms with Crippen LogP contribution in [0.1, 0.15) is 34.6 Å². The summed E-state index contributed by atoms with van der Waals surface area (Å²) in [5.41, 5.74) is 6.11. The highest BCUT2D eigenvalue weighted by Crippen LogP contribution is 2.36. The molecule has 0 radical (unpaired) electrons. The van der Waals surface area contributed by atoms with Crippen LogP contribution < -0.4 is 0 Å². The van der Waals surface area contributed by atoms with Gasteiger partial charge in [-0.2, -0.15) is 0 Å². The van der Waals surface area contributed by atoms with E-state index in [2.05, 4.69) is 64.5 Å². The highest BCUT2D eigenvalue weighted by molar-refractivity contribution is 9.09. The van der Waals surface area contributed by atoms with Gasteiger partial charge in [0.1, 0.15) is 0 Å². The Kier molecular flexibility index (Phi) is 3.51. The first kappa shape index (κ1) is 12.0. The molecule has 0 saturated carbocycles. The molecule has 1 aliphatic rings. The van der Waals surface area contributed by atoms with Crippen LogP contribution in [0.25, 0.3) is 0 Å². The van der Waals surface area contributed by atoms with Gasteiger partial charge in [-0.3, -0.25) is 0 Å². The van der Waals surface area contributed by atoms with Crippen molar-refractivity contribution in [3.8, 4) is 0 Å². The summed E-state index contributed by atoms with van der Waals surface area (Å²) in [5, 5.41) is 1.06. The second kappa shape index (κ2) is 5.27. The van der Waals surface area contributed by atoms with Crippen LogP contribution >= 0.6 is 15.9 Å². The van der Waals surface area contributed by atoms with Crippen LogP contribution in [-0.4, -0.2) is 5.33 Å². The molecule has 1 aliphatic carbocycles. The van der Waals surface area contributed by atoms with Gasteiger partial charge >= 0.3 is 0 Å². The lowest BCUT2D eigenvalue weighted by Gasteiger charge is -2.19. The van der Waals surface area contributed by atoms with Gasteiger partial charge in [0.15, 0.2) is 0 Å². The highest BCUT2D eigenvalue weighted by atomic mass is 79.9. The molecule has 2 aromatic rings. The number of aryl methyl sites for hydroxylation is 2. The largest absolute Gasteiger partial charge is 0.0928 e. The van der Waals surface area contributed by atoms with Crippen LogP contribution in [0.15, 0.2) is 48.5 Å². The topological polar surface area (TPSA) is 0 Å². The Hall–Kier alpha value is -1.08. The summed E-state index contributed by atoms with van der Waals surface area (Å²) in [6.45, 7) is 0. The van der Waals surface area contributed by atoms with Gasteiger partial charge < -0.3 is 0 Å². The Labute approximate surface area is 117 Å². The third kappa shape index (κ3) is 2.12. The van der Waals surface area contributed by atoms with Gasteiger partial charge in [0, 0.05) is 11.2 Å². The molecule has 0 fully saturated rings. The van der Waals surface area contributed by atoms with Crippen LogP contribution in [0.5, 0.6) is 0 Å². The average Bonchev–Trinajstić information content (AvgIpc) is 2.58. The molecule has 2 aromatic carbocycles. The van der Waals surface area contributed by atoms with Crippen molar-refractivity contribution in [3.05, 3.63) is 70.8 Å². The van der Waals surface area contributed by atoms with Crippen molar-refractivity contribution in [3.63, 3.8) is 0 Å². The second-order valence-electron chi connectivity index (χ2n) is 4.93. The molecule has 0 nitrogen and oxygen atoms in total. The first-order chi connectivity index (χ1) is 8.90. The van der Waals surface area contributed by atoms with Crippen LogP contribution in [0, 0.1) is 0 Å². The zero-order valence-electron chi connectivity index (χ0n) is 10.4. The molecule has 0 aromatic heterocycles. The van der Waals surface area contributed by atoms with Crippen molar-refractivity contribution in [1.29, 1.82) is 0 Å². The molecule has 0 N–H and O–H groups in total. The van der Waals surface area contributed by atoms with Crippen LogP contribution in [0.4, 0.5) is 0 Å². The SMILES string of the molecule is BrCCC1c2ccccc2CCc2ccccc21. The molecule has 0 spiro atoms. The number of hydrogen-bond donors (Lipinski definition) is 0. The Balaban J connectivity index is 2.15. The van der Waals surface area contributed by atoms with E-state index in [1.807, 2.05) is 0 Å². The van der Waals surface area contributed by atoms with Gasteiger partial charge in [-0.05, 0) is 41.5 Å². The fraction of sp³-hybridized carbons (Fsp3) is 0.294. The van der Waals surface area contributed by atoms with Gasteiger partial charge in [0.25, 0.3) is 0 Å². The minimum Gasteiger partial charge on any atom is -0.0928 e. The van der Waals surface area contributed by atoms with Gasteiger partial charge in [-0.1, -0.05) is 64.5 Å². The van der Waals surface area contributed by atoms with E-state index in [0.29, 0.717) is 5.92 Å². The van der Waals surface area contributed by atoms with E-state index in [9.17, 15) is 0 Å². The van der Waals surface area contributed by atoms with Gasteiger partial charge in [0.05, 0.1) is 0 Å². The highest BCUT2D eigenvalue weighted by Gasteiger charge is 2.22. The molecule has 1 heteroatoms. The summed E-state index contributed by atoms with van der Waals surface area (Å²) < 4.78 is 0. The lowest BCUT2D eigenvalue weighted by Crippen LogP contribution is -2.04. The Morgan fingerprint density at radius 1 is 0.833 bits per heavy atom. The molecule has 92 valence electrons. The molecule has 0 bridgehead atoms. The predicted octanol–water partition coefficient (Wildman–Crippen LogP) is 4.70. The maximum Gasteiger partial charge on any atom is 0.0103 e. The monoisotopic (exact) mass is 300 g/mol. The van der Waals surface area contributed by atoms with E-state index in [-0.39, 0.29) is 0 Å². The molecule has 0 heterocycles. The Bertz CT molecular complexity index is 497. The number of fused-ring (bicyclic) bond motifs is 2. The molecular weight excluding hydrogens is 284 g/mol. The fourth-order valence-corrected chi connectivity index (χ4v) is 3.52. The van der Waals surface area contributed by atoms with Gasteiger partial charge in [0.2, 0.25) is 0 Å². The first-order valence-electron chi connectivity index (χ1n) is 6.61. The van der Waals surface area contributed by atoms with E-state index in [1.54, 1.807) is 0 Å². The lowest BCUT2D eigenvalue weighted by atomic mass is 9.86. The Morgan fingerprint density at radius 2 is 1.33 bits per heavy atom. The molecule has 0 saturated heterocycles. The number of halogens is 1. The van der Waals surface area contributed by atoms with E-state index < -0.39 is 0 Å². The Morgan fingerprint density at radius 3 is 1.83 bits per heavy atom. The van der Waals surface area contributed by atoms with Crippen molar-refractivity contribution in [2.24, 2.45) is 0 Å². The predicted molar refractivity (Wildman–Crippen MR) is 80.5 cm³/mol. The summed E-state index contributed by atoms with van der Waals surface area (Å²) in [6.07, 6.45) is 3.52. The minimum atomic E-state index is 0.555. The molecule has 3 rings (SSSR count). The quantitative estimate of drug-likeness (QED) is 0.705. The third-order valence-corrected chi connectivity index (χ3v) is 4.38. The van der Waals surface area contributed by atoms with Crippen molar-refractivity contribution < 1.29 is 0 Å². The van der Waals surface area contributed by atoms with Crippen LogP contribution in [0.3, 0.4) is 0 Å². The standard InChI is InChI=1S/C17H17Br/c18-12-11-17-15-7-3-1-5-13(15)9-10-14-6-2-4-8-16(14)17/h1-8,17H,9-12H2. The first-order valence-corrected chi connectivity index (χ1v) is 7.74. The number of benzene rings is 2. The van der Waals surface area contributed by atoms with Crippen molar-refractivity contribution in [2.45, 2.75) is 25.2 Å². The smallest absolute Gasteiger partial charge is 0.0103 e. The van der Waals surface area contributed by atoms with E-state index in [0.717, 1.165) is 5.33 Å². The second-order valence-corrected chi connectivity index (χ2v) is 5.72. The van der Waals surface area contributed by atoms with E-state index in [1.165, 1.54) is 41.5 Å². The van der Waals surface area contributed by atoms with E-state index in [4.69, 9.17) is 0 Å². The molecule has 0 aliphatic heterocycles. The van der Waals surface area contributed by atoms with Gasteiger partial charge in [-0.15, -0.1) is 0 Å². The van der Waals surface area contributed by atoms with Crippen molar-refractivity contribution in [1.82, 2.24) is 0 Å². The molecule has 0 amide bonds. The molecular formula is C17H17Br. The summed E-state index contributed by atoms with van der Waals surface area (Å²) in [7, 11) is 0. The summed E-state index contributed by atoms with van der Waals surface area (Å²) in [6, 6.07) is 17.9. The maximum atomic E-state index is 3.61. The summed E-state index contributed by atoms with van der Waals surface area (Å²) in [4.78, 5) is 0. The zero-order valence-corrected chi connectivity index (χ0v) is 12.0. The van der Waals surface area contributed by atoms with Gasteiger partial charge in [-0.25, -0.2) is 0 Å². The van der Waals surface area contributed by atoms with Crippen molar-refractivity contribution in [2.75, 3.05) is 5.33 Å². The number of alkyl halides is 1. The zero-order chi connectivity index (χ0) is 12.4. The van der Waals surface area contributed by atoms with Crippen LogP contribution in [-0.2, 0) is 12.8 Å². The minimum absolute atomic E-state index is 0.555. The number of hydrogen-bond acceptors (Lipinski definition) is 0. The summed E-state index contributed by atoms with van der Waals surface area (Å²) >= 11 is 3.61. The summed E-state index contributed by atoms with van der Waals surface area (Å²) in [5.74, 6) is 0.555. The average molecular weight is 301 g/mol. The normalized spacial score (nSPS) is 14.7. The maximum absolute atomic E-state index is 3.61. The fourth-order valence-electron chi connectivity index (χ4n) is 3.06.